The number of aliphatic hydroxyl groups is 6. The van der Waals surface area contributed by atoms with Crippen molar-refractivity contribution in [2.75, 3.05) is 32.1 Å². The second kappa shape index (κ2) is 40.8. The largest absolute Gasteiger partial charge is 0.507 e. The summed E-state index contributed by atoms with van der Waals surface area (Å²) in [6.45, 7) is 9.06. The topological polar surface area (TPSA) is 540 Å². The zero-order valence-electron chi connectivity index (χ0n) is 73.3. The molecule has 4 saturated carbocycles. The fraction of sp³-hybridized carbons (Fsp3) is 0.511. The van der Waals surface area contributed by atoms with Crippen LogP contribution in [0.5, 0.6) is 51.7 Å². The second-order valence-corrected chi connectivity index (χ2v) is 37.3. The van der Waals surface area contributed by atoms with Crippen molar-refractivity contribution in [2.24, 2.45) is 53.1 Å². The minimum absolute atomic E-state index is 0.0656. The van der Waals surface area contributed by atoms with Crippen molar-refractivity contribution in [3.05, 3.63) is 140 Å². The summed E-state index contributed by atoms with van der Waals surface area (Å²) in [6.07, 6.45) is -15.7. The van der Waals surface area contributed by atoms with E-state index in [0.29, 0.717) is 30.4 Å². The van der Waals surface area contributed by atoms with Crippen LogP contribution in [-0.4, -0.2) is 198 Å². The fourth-order valence-corrected chi connectivity index (χ4v) is 20.4. The molecule has 4 aliphatic carbocycles. The lowest BCUT2D eigenvalue weighted by Crippen LogP contribution is -2.64. The number of phenols is 3. The Balaban J connectivity index is 0.976. The third-order valence-corrected chi connectivity index (χ3v) is 27.2. The van der Waals surface area contributed by atoms with Crippen LogP contribution >= 0.6 is 23.2 Å². The van der Waals surface area contributed by atoms with Crippen LogP contribution in [0.15, 0.2) is 97.1 Å². The van der Waals surface area contributed by atoms with Gasteiger partial charge in [-0.05, 0) is 214 Å². The number of carbonyl (C=O) groups excluding carboxylic acids is 10. The summed E-state index contributed by atoms with van der Waals surface area (Å²) < 4.78 is 44.6. The van der Waals surface area contributed by atoms with E-state index in [-0.39, 0.29) is 130 Å². The normalized spacial score (nSPS) is 29.6. The molecule has 0 unspecified atom stereocenters. The van der Waals surface area contributed by atoms with Crippen molar-refractivity contribution in [1.82, 2.24) is 37.2 Å². The van der Waals surface area contributed by atoms with E-state index in [0.717, 1.165) is 56.4 Å². The number of anilines is 1. The van der Waals surface area contributed by atoms with Crippen molar-refractivity contribution in [1.29, 1.82) is 0 Å². The highest BCUT2D eigenvalue weighted by Gasteiger charge is 2.54. The number of fused-ring (bicyclic) bond motifs is 15. The molecule has 17 rings (SSSR count). The van der Waals surface area contributed by atoms with E-state index in [1.165, 1.54) is 101 Å². The van der Waals surface area contributed by atoms with Crippen LogP contribution in [0.3, 0.4) is 0 Å². The van der Waals surface area contributed by atoms with Crippen LogP contribution in [-0.2, 0) is 63.9 Å². The van der Waals surface area contributed by atoms with Gasteiger partial charge < -0.3 is 122 Å². The van der Waals surface area contributed by atoms with Gasteiger partial charge in [-0.2, -0.15) is 0 Å². The van der Waals surface area contributed by atoms with Gasteiger partial charge in [-0.1, -0.05) is 62.2 Å². The summed E-state index contributed by atoms with van der Waals surface area (Å²) in [6, 6.07) is 10.8. The number of amides is 8. The van der Waals surface area contributed by atoms with Gasteiger partial charge in [0, 0.05) is 80.4 Å². The third kappa shape index (κ3) is 21.5. The number of phenolic OH excluding ortho intramolecular Hbond substituents is 3. The molecule has 37 heteroatoms. The predicted octanol–water partition coefficient (Wildman–Crippen LogP) is 7.95. The first-order valence-corrected chi connectivity index (χ1v) is 45.1. The van der Waals surface area contributed by atoms with Gasteiger partial charge in [-0.25, -0.2) is 4.79 Å². The van der Waals surface area contributed by atoms with E-state index in [1.54, 1.807) is 6.92 Å². The Kier molecular flexibility index (Phi) is 30.1. The van der Waals surface area contributed by atoms with Gasteiger partial charge in [0.1, 0.15) is 89.2 Å². The number of nitrogens with two attached hydrogens (primary N) is 1. The highest BCUT2D eigenvalue weighted by atomic mass is 35.5. The van der Waals surface area contributed by atoms with Crippen molar-refractivity contribution in [2.45, 2.75) is 229 Å². The van der Waals surface area contributed by atoms with Gasteiger partial charge in [0.15, 0.2) is 41.2 Å². The number of ketones is 3. The van der Waals surface area contributed by atoms with Gasteiger partial charge in [0.25, 0.3) is 0 Å². The zero-order valence-corrected chi connectivity index (χ0v) is 74.8. The molecule has 2 saturated heterocycles. The highest BCUT2D eigenvalue weighted by Crippen LogP contribution is 2.59. The molecule has 0 aromatic heterocycles. The van der Waals surface area contributed by atoms with E-state index in [9.17, 15) is 65.1 Å². The SMILES string of the molecule is CC[C@H](CC(C)C)C(=O)N[C@H]1C(=O)C[C@@H](CC(=O)NC(=O)Nc2ccc(OC)cc2)C(=O)N[C@H]2C(=O)C[C@H]3C(=O)N[C@H](C(=O)N[C@H](C(=O)CC4C5CC6CC(C5)CC4C6)c4cc(O)c(CNCCCNC(C)=O)c(O)c4-c4cc3ccc4O)[C@H](O)c3ccc(c(Cl)c3)Oc3cc2cc(c3O[C@@H]2O[C@H](CO)[C@@H](O)[C@H](O)[C@H]2O[C@H]2C[C@](C)(N)[C@H](O)[C@H](C)O2)Oc2ccc(cc2Cl)[C@H]1O. The number of rotatable bonds is 23. The Morgan fingerprint density at radius 1 is 0.702 bits per heavy atom. The van der Waals surface area contributed by atoms with Gasteiger partial charge in [-0.3, -0.25) is 48.5 Å². The summed E-state index contributed by atoms with van der Waals surface area (Å²) in [7, 11) is 1.42. The number of benzene rings is 6. The number of hydrogen-bond donors (Lipinski definition) is 18. The molecule has 0 radical (unpaired) electrons. The minimum atomic E-state index is -2.29. The first-order valence-electron chi connectivity index (χ1n) is 44.3. The number of Topliss-reactive ketones (excluding diaryl/α,β-unsaturated/α-hetero) is 3. The molecule has 0 spiro atoms. The van der Waals surface area contributed by atoms with Crippen molar-refractivity contribution in [3.63, 3.8) is 0 Å². The smallest absolute Gasteiger partial charge is 0.325 e. The number of ether oxygens (including phenoxy) is 7. The molecule has 35 nitrogen and oxygen atoms in total. The lowest BCUT2D eigenvalue weighted by molar-refractivity contribution is -0.333. The summed E-state index contributed by atoms with van der Waals surface area (Å²) >= 11 is 14.6. The van der Waals surface area contributed by atoms with E-state index in [2.05, 4.69) is 42.5 Å². The molecule has 8 amide bonds. The van der Waals surface area contributed by atoms with Crippen LogP contribution in [0.2, 0.25) is 10.0 Å². The molecule has 19 N–H and O–H groups in total. The van der Waals surface area contributed by atoms with E-state index in [1.807, 2.05) is 13.8 Å². The van der Waals surface area contributed by atoms with Gasteiger partial charge in [-0.15, -0.1) is 0 Å². The first kappa shape index (κ1) is 96.4. The Bertz CT molecular complexity index is 5300. The van der Waals surface area contributed by atoms with E-state index < -0.39 is 233 Å². The predicted molar refractivity (Wildman–Crippen MR) is 471 cm³/mol. The summed E-state index contributed by atoms with van der Waals surface area (Å²) in [5.74, 6) is -16.7. The first-order chi connectivity index (χ1) is 62.3. The molecule has 704 valence electrons. The molecule has 18 atom stereocenters. The molecule has 6 fully saturated rings. The van der Waals surface area contributed by atoms with E-state index in [4.69, 9.17) is 62.1 Å². The Morgan fingerprint density at radius 2 is 1.35 bits per heavy atom. The molecule has 6 aromatic carbocycles. The van der Waals surface area contributed by atoms with Crippen molar-refractivity contribution >= 4 is 87.7 Å². The zero-order chi connectivity index (χ0) is 94.0. The molecule has 11 aliphatic rings. The van der Waals surface area contributed by atoms with Crippen molar-refractivity contribution in [3.8, 4) is 62.9 Å². The van der Waals surface area contributed by atoms with Gasteiger partial charge >= 0.3 is 6.03 Å². The van der Waals surface area contributed by atoms with Gasteiger partial charge in [0.05, 0.1) is 53.4 Å². The maximum Gasteiger partial charge on any atom is 0.325 e. The fourth-order valence-electron chi connectivity index (χ4n) is 19.9. The van der Waals surface area contributed by atoms with E-state index >= 15 is 28.8 Å². The second-order valence-electron chi connectivity index (χ2n) is 36.5. The average molecular weight is 1860 g/mol. The number of carbonyl (C=O) groups is 10. The third-order valence-electron chi connectivity index (χ3n) is 26.6. The molecule has 6 aromatic rings. The standard InChI is InChI=1S/C94H113Cl2N9O26/c1-8-46(22-41(2)3)88(120)104-78-65(110)31-53(34-73(113)101-93(124)100-54-13-15-55(125-7)16-14-54)89(121)102-76-52-32-70(127-68-18-11-48(80(78)114)29-61(68)95)85(131-92-86(84(118)83(117)72(40-106)129-92)130-74-38-94(6,97)87(119)42(4)126-74)71(33-52)128-69-19-12-49(30-62(69)96)81(115)79-91(123)103-77(67(112)35-56-50-24-44-23-45(26-50)27-51(56)25-44)59-37-64(109)60(39-98-20-9-21-99-43(5)107)82(116)75(59)58-28-47(10-17-63(58)108)57(36-66(76)111)90(122)105-79/h10-19,28-30,32-33,37,41-42,44-46,50-51,53,56-57,72,74,76-81,83-84,86-87,92,98,106,108-109,114-119H,8-9,20-27,31,34-36,38-40,97H2,1-7H3,(H,99,107)(H,102,121)(H,103,123)(H,104,120)(H,105,122)(H2,100,101,113,124)/t42-,44?,45?,46+,50?,51?,53-,56?,57+,72+,74-,76+,77-,78-,79-,80+,81+,83+,84-,86+,87+,92-,94-/m0/s1. The van der Waals surface area contributed by atoms with Crippen LogP contribution < -0.4 is 67.2 Å². The number of halogens is 2. The van der Waals surface area contributed by atoms with Crippen LogP contribution in [0, 0.1) is 47.3 Å². The number of aromatic hydroxyl groups is 3. The van der Waals surface area contributed by atoms with Crippen LogP contribution in [0.25, 0.3) is 11.1 Å². The molecular formula is C94H113Cl2N9O26. The molecule has 131 heavy (non-hydrogen) atoms. The van der Waals surface area contributed by atoms with Gasteiger partial charge in [0.2, 0.25) is 47.5 Å². The highest BCUT2D eigenvalue weighted by molar-refractivity contribution is 6.32. The quantitative estimate of drug-likeness (QED) is 0.0270. The Labute approximate surface area is 765 Å². The molecule has 15 bridgehead atoms. The monoisotopic (exact) mass is 1850 g/mol. The Hall–Kier alpha value is -10.6. The molecule has 7 aliphatic heterocycles. The average Bonchev–Trinajstić information content (AvgIpc) is 0.748. The lowest BCUT2D eigenvalue weighted by atomic mass is 9.51. The number of aliphatic hydroxyl groups excluding tert-OH is 6. The number of nitrogens with one attached hydrogen (secondary N) is 8. The Morgan fingerprint density at radius 3 is 1.96 bits per heavy atom. The number of methoxy groups -OCH3 is 1. The minimum Gasteiger partial charge on any atom is -0.507 e. The summed E-state index contributed by atoms with van der Waals surface area (Å²) in [5, 5.41) is 130. The summed E-state index contributed by atoms with van der Waals surface area (Å²) in [4.78, 5) is 152. The van der Waals surface area contributed by atoms with Crippen LogP contribution in [0.4, 0.5) is 10.5 Å². The number of hydrogen-bond acceptors (Lipinski definition) is 28. The molecule has 7 heterocycles. The van der Waals surface area contributed by atoms with Crippen LogP contribution in [0.1, 0.15) is 189 Å². The maximum atomic E-state index is 17.0. The number of imide groups is 1. The van der Waals surface area contributed by atoms with Crippen molar-refractivity contribution < 1.29 is 127 Å². The lowest BCUT2D eigenvalue weighted by Gasteiger charge is -2.54. The number of urea groups is 1. The molecular weight excluding hydrogens is 1740 g/mol. The summed E-state index contributed by atoms with van der Waals surface area (Å²) in [5.41, 5.74) is 3.33. The maximum absolute atomic E-state index is 17.0.